The van der Waals surface area contributed by atoms with Gasteiger partial charge in [-0.1, -0.05) is 62.4 Å². The Morgan fingerprint density at radius 1 is 1.10 bits per heavy atom. The van der Waals surface area contributed by atoms with E-state index in [4.69, 9.17) is 20.1 Å². The summed E-state index contributed by atoms with van der Waals surface area (Å²) in [5, 5.41) is 12.6. The van der Waals surface area contributed by atoms with E-state index in [2.05, 4.69) is 65.8 Å². The SMILES string of the molecule is CC(C)c1cnn2c(NCc3ccccc3-c3nccc4cc(CC(=O)/C=C/CN(C)C)ccc34)nc(N3CCc4sccc4C3)nc12. The summed E-state index contributed by atoms with van der Waals surface area (Å²) in [6.07, 6.45) is 8.71. The number of pyridine rings is 1. The average molecular weight is 657 g/mol. The number of hydrogen-bond donors (Lipinski definition) is 1. The molecule has 4 aromatic heterocycles. The molecule has 0 atom stereocenters. The summed E-state index contributed by atoms with van der Waals surface area (Å²) in [6.45, 7) is 7.29. The summed E-state index contributed by atoms with van der Waals surface area (Å²) in [5.41, 5.74) is 7.31. The first-order chi connectivity index (χ1) is 23.3. The van der Waals surface area contributed by atoms with Crippen LogP contribution in [0.5, 0.6) is 0 Å². The number of rotatable bonds is 11. The minimum absolute atomic E-state index is 0.0954. The molecule has 2 aromatic carbocycles. The summed E-state index contributed by atoms with van der Waals surface area (Å²) in [4.78, 5) is 33.3. The summed E-state index contributed by atoms with van der Waals surface area (Å²) >= 11 is 1.83. The Balaban J connectivity index is 1.17. The third-order valence-electron chi connectivity index (χ3n) is 8.79. The van der Waals surface area contributed by atoms with Gasteiger partial charge in [0.05, 0.1) is 11.9 Å². The quantitative estimate of drug-likeness (QED) is 0.150. The third-order valence-corrected chi connectivity index (χ3v) is 9.81. The lowest BCUT2D eigenvalue weighted by molar-refractivity contribution is -0.114. The molecule has 0 amide bonds. The molecule has 7 rings (SSSR count). The maximum absolute atomic E-state index is 12.6. The Morgan fingerprint density at radius 2 is 1.98 bits per heavy atom. The predicted octanol–water partition coefficient (Wildman–Crippen LogP) is 6.93. The molecule has 0 spiro atoms. The van der Waals surface area contributed by atoms with Crippen LogP contribution in [0.2, 0.25) is 0 Å². The van der Waals surface area contributed by atoms with Crippen LogP contribution in [-0.2, 0) is 30.7 Å². The Kier molecular flexibility index (Phi) is 9.01. The lowest BCUT2D eigenvalue weighted by atomic mass is 9.97. The monoisotopic (exact) mass is 656 g/mol. The average Bonchev–Trinajstić information content (AvgIpc) is 3.74. The van der Waals surface area contributed by atoms with Gasteiger partial charge in [0.2, 0.25) is 11.9 Å². The number of fused-ring (bicyclic) bond motifs is 3. The van der Waals surface area contributed by atoms with Crippen molar-refractivity contribution in [2.45, 2.75) is 45.7 Å². The van der Waals surface area contributed by atoms with Gasteiger partial charge < -0.3 is 15.1 Å². The van der Waals surface area contributed by atoms with Gasteiger partial charge in [-0.3, -0.25) is 9.78 Å². The van der Waals surface area contributed by atoms with Crippen LogP contribution in [0.4, 0.5) is 11.9 Å². The number of benzene rings is 2. The van der Waals surface area contributed by atoms with Gasteiger partial charge in [0, 0.05) is 60.2 Å². The van der Waals surface area contributed by atoms with Crippen molar-refractivity contribution in [2.24, 2.45) is 0 Å². The van der Waals surface area contributed by atoms with Gasteiger partial charge in [-0.2, -0.15) is 19.6 Å². The van der Waals surface area contributed by atoms with Crippen LogP contribution in [0.15, 0.2) is 84.5 Å². The first kappa shape index (κ1) is 31.7. The highest BCUT2D eigenvalue weighted by Crippen LogP contribution is 2.32. The van der Waals surface area contributed by atoms with Gasteiger partial charge in [-0.05, 0) is 72.1 Å². The fourth-order valence-corrected chi connectivity index (χ4v) is 7.14. The molecule has 0 aliphatic carbocycles. The van der Waals surface area contributed by atoms with Crippen LogP contribution in [0.3, 0.4) is 0 Å². The summed E-state index contributed by atoms with van der Waals surface area (Å²) in [6, 6.07) is 18.8. The number of thiophene rings is 1. The summed E-state index contributed by atoms with van der Waals surface area (Å²) < 4.78 is 1.83. The van der Waals surface area contributed by atoms with E-state index in [9.17, 15) is 4.79 Å². The molecule has 0 radical (unpaired) electrons. The second-order valence-electron chi connectivity index (χ2n) is 12.9. The number of aromatic nitrogens is 5. The number of nitrogens with one attached hydrogen (secondary N) is 1. The van der Waals surface area contributed by atoms with Crippen molar-refractivity contribution in [2.75, 3.05) is 37.4 Å². The second kappa shape index (κ2) is 13.7. The predicted molar refractivity (Wildman–Crippen MR) is 195 cm³/mol. The van der Waals surface area contributed by atoms with Crippen molar-refractivity contribution in [3.05, 3.63) is 112 Å². The minimum atomic E-state index is 0.0954. The topological polar surface area (TPSA) is 91.5 Å². The number of carbonyl (C=O) groups excluding carboxylic acids is 1. The molecule has 1 aliphatic heterocycles. The van der Waals surface area contributed by atoms with Crippen LogP contribution in [0, 0.1) is 0 Å². The molecule has 1 N–H and O–H groups in total. The molecule has 9 nitrogen and oxygen atoms in total. The Hall–Kier alpha value is -4.93. The van der Waals surface area contributed by atoms with E-state index < -0.39 is 0 Å². The molecule has 0 unspecified atom stereocenters. The van der Waals surface area contributed by atoms with Gasteiger partial charge in [0.25, 0.3) is 0 Å². The van der Waals surface area contributed by atoms with E-state index in [1.165, 1.54) is 10.4 Å². The first-order valence-corrected chi connectivity index (χ1v) is 17.3. The molecule has 0 bridgehead atoms. The number of anilines is 2. The van der Waals surface area contributed by atoms with E-state index in [1.54, 1.807) is 6.08 Å². The number of nitrogens with zero attached hydrogens (tertiary/aromatic N) is 7. The van der Waals surface area contributed by atoms with Crippen molar-refractivity contribution < 1.29 is 4.79 Å². The number of hydrogen-bond acceptors (Lipinski definition) is 9. The molecular weight excluding hydrogens is 617 g/mol. The minimum Gasteiger partial charge on any atom is -0.350 e. The zero-order chi connectivity index (χ0) is 33.2. The summed E-state index contributed by atoms with van der Waals surface area (Å²) in [5.74, 6) is 1.75. The molecule has 0 saturated heterocycles. The Bertz CT molecular complexity index is 2130. The van der Waals surface area contributed by atoms with Crippen molar-refractivity contribution in [3.8, 4) is 11.3 Å². The normalized spacial score (nSPS) is 13.3. The molecule has 1 aliphatic rings. The van der Waals surface area contributed by atoms with Gasteiger partial charge >= 0.3 is 0 Å². The van der Waals surface area contributed by atoms with Crippen molar-refractivity contribution in [3.63, 3.8) is 0 Å². The standard InChI is InChI=1S/C38H40N8OS/c1-25(2)33-23-41-46-36(33)42-38(45-18-14-34-29(24-45)15-19-48-34)43-37(46)40-22-28-8-5-6-10-31(28)35-32-12-11-26(20-27(32)13-16-39-35)21-30(47)9-7-17-44(3)4/h5-13,15-16,19-20,23,25H,14,17-18,21-22,24H2,1-4H3,(H,40,42,43)/b9-7+. The Morgan fingerprint density at radius 3 is 2.83 bits per heavy atom. The van der Waals surface area contributed by atoms with Gasteiger partial charge in [0.15, 0.2) is 11.4 Å². The van der Waals surface area contributed by atoms with Gasteiger partial charge in [0.1, 0.15) is 0 Å². The van der Waals surface area contributed by atoms with Crippen LogP contribution >= 0.6 is 11.3 Å². The lowest BCUT2D eigenvalue weighted by Crippen LogP contribution is -2.31. The zero-order valence-corrected chi connectivity index (χ0v) is 28.7. The number of likely N-dealkylation sites (N-methyl/N-ethyl adjacent to an activating group) is 1. The Labute approximate surface area is 285 Å². The maximum Gasteiger partial charge on any atom is 0.231 e. The van der Waals surface area contributed by atoms with Crippen LogP contribution in [-0.4, -0.2) is 62.4 Å². The van der Waals surface area contributed by atoms with Gasteiger partial charge in [-0.15, -0.1) is 11.3 Å². The number of carbonyl (C=O) groups is 1. The molecule has 0 saturated carbocycles. The maximum atomic E-state index is 12.6. The van der Waals surface area contributed by atoms with E-state index >= 15 is 0 Å². The zero-order valence-electron chi connectivity index (χ0n) is 27.8. The van der Waals surface area contributed by atoms with Crippen molar-refractivity contribution in [1.82, 2.24) is 29.5 Å². The fraction of sp³-hybridized carbons (Fsp3) is 0.289. The number of ketones is 1. The molecule has 6 aromatic rings. The van der Waals surface area contributed by atoms with Gasteiger partial charge in [-0.25, -0.2) is 0 Å². The molecule has 5 heterocycles. The van der Waals surface area contributed by atoms with E-state index in [-0.39, 0.29) is 11.7 Å². The van der Waals surface area contributed by atoms with Crippen LogP contribution in [0.1, 0.15) is 46.9 Å². The highest BCUT2D eigenvalue weighted by Gasteiger charge is 2.23. The number of allylic oxidation sites excluding steroid dienone is 1. The second-order valence-corrected chi connectivity index (χ2v) is 13.9. The fourth-order valence-electron chi connectivity index (χ4n) is 6.25. The van der Waals surface area contributed by atoms with Crippen LogP contribution in [0.25, 0.3) is 27.7 Å². The molecular formula is C38H40N8OS. The van der Waals surface area contributed by atoms with E-state index in [1.807, 2.05) is 71.5 Å². The van der Waals surface area contributed by atoms with Crippen molar-refractivity contribution in [1.29, 1.82) is 0 Å². The van der Waals surface area contributed by atoms with E-state index in [0.29, 0.717) is 18.9 Å². The van der Waals surface area contributed by atoms with Crippen LogP contribution < -0.4 is 10.2 Å². The summed E-state index contributed by atoms with van der Waals surface area (Å²) in [7, 11) is 3.97. The third kappa shape index (κ3) is 6.58. The first-order valence-electron chi connectivity index (χ1n) is 16.4. The highest BCUT2D eigenvalue weighted by atomic mass is 32.1. The smallest absolute Gasteiger partial charge is 0.231 e. The largest absolute Gasteiger partial charge is 0.350 e. The lowest BCUT2D eigenvalue weighted by Gasteiger charge is -2.27. The van der Waals surface area contributed by atoms with E-state index in [0.717, 1.165) is 76.4 Å². The van der Waals surface area contributed by atoms with Crippen molar-refractivity contribution >= 4 is 45.4 Å². The molecule has 244 valence electrons. The molecule has 10 heteroatoms. The molecule has 48 heavy (non-hydrogen) atoms. The molecule has 0 fully saturated rings. The highest BCUT2D eigenvalue weighted by molar-refractivity contribution is 7.10.